The summed E-state index contributed by atoms with van der Waals surface area (Å²) in [4.78, 5) is 12.2. The van der Waals surface area contributed by atoms with Crippen LogP contribution in [0, 0.1) is 5.41 Å². The fourth-order valence-electron chi connectivity index (χ4n) is 1.97. The van der Waals surface area contributed by atoms with Crippen LogP contribution in [0.1, 0.15) is 19.8 Å². The second-order valence-electron chi connectivity index (χ2n) is 4.60. The van der Waals surface area contributed by atoms with Crippen LogP contribution in [0.3, 0.4) is 0 Å². The molecule has 1 fully saturated rings. The van der Waals surface area contributed by atoms with Gasteiger partial charge in [0.05, 0.1) is 6.20 Å². The Morgan fingerprint density at radius 3 is 2.81 bits per heavy atom. The molecular formula is C11H18N4O. The summed E-state index contributed by atoms with van der Waals surface area (Å²) >= 11 is 0. The molecule has 0 aliphatic carbocycles. The SMILES string of the molecule is Cn1nccc1NC(=O)C1(C)CCNCC1. The minimum Gasteiger partial charge on any atom is -0.317 e. The van der Waals surface area contributed by atoms with Gasteiger partial charge in [0, 0.05) is 18.5 Å². The molecule has 1 amide bonds. The van der Waals surface area contributed by atoms with Gasteiger partial charge in [0.2, 0.25) is 5.91 Å². The fourth-order valence-corrected chi connectivity index (χ4v) is 1.97. The van der Waals surface area contributed by atoms with Gasteiger partial charge in [-0.05, 0) is 25.9 Å². The maximum atomic E-state index is 12.2. The molecule has 1 aromatic rings. The van der Waals surface area contributed by atoms with Crippen molar-refractivity contribution < 1.29 is 4.79 Å². The van der Waals surface area contributed by atoms with Gasteiger partial charge in [0.25, 0.3) is 0 Å². The minimum atomic E-state index is -0.254. The third-order valence-electron chi connectivity index (χ3n) is 3.32. The van der Waals surface area contributed by atoms with E-state index < -0.39 is 0 Å². The molecule has 0 radical (unpaired) electrons. The molecule has 5 heteroatoms. The molecule has 2 heterocycles. The van der Waals surface area contributed by atoms with Gasteiger partial charge in [-0.15, -0.1) is 0 Å². The Morgan fingerprint density at radius 1 is 1.56 bits per heavy atom. The number of amides is 1. The highest BCUT2D eigenvalue weighted by atomic mass is 16.2. The third-order valence-corrected chi connectivity index (χ3v) is 3.32. The van der Waals surface area contributed by atoms with E-state index in [4.69, 9.17) is 0 Å². The second-order valence-corrected chi connectivity index (χ2v) is 4.60. The van der Waals surface area contributed by atoms with Gasteiger partial charge in [-0.25, -0.2) is 0 Å². The van der Waals surface area contributed by atoms with Gasteiger partial charge >= 0.3 is 0 Å². The minimum absolute atomic E-state index is 0.0950. The number of nitrogens with zero attached hydrogens (tertiary/aromatic N) is 2. The molecule has 5 nitrogen and oxygen atoms in total. The van der Waals surface area contributed by atoms with E-state index in [2.05, 4.69) is 15.7 Å². The van der Waals surface area contributed by atoms with Crippen molar-refractivity contribution in [2.75, 3.05) is 18.4 Å². The molecule has 2 rings (SSSR count). The number of carbonyl (C=O) groups excluding carboxylic acids is 1. The van der Waals surface area contributed by atoms with E-state index in [0.717, 1.165) is 31.7 Å². The Bertz CT molecular complexity index is 379. The van der Waals surface area contributed by atoms with Crippen molar-refractivity contribution in [3.05, 3.63) is 12.3 Å². The van der Waals surface area contributed by atoms with Crippen molar-refractivity contribution in [1.82, 2.24) is 15.1 Å². The number of aryl methyl sites for hydroxylation is 1. The van der Waals surface area contributed by atoms with Crippen LogP contribution in [0.15, 0.2) is 12.3 Å². The van der Waals surface area contributed by atoms with Crippen LogP contribution in [0.5, 0.6) is 0 Å². The zero-order valence-electron chi connectivity index (χ0n) is 9.79. The van der Waals surface area contributed by atoms with Gasteiger partial charge in [0.15, 0.2) is 0 Å². The van der Waals surface area contributed by atoms with Crippen molar-refractivity contribution in [2.45, 2.75) is 19.8 Å². The standard InChI is InChI=1S/C11H18N4O/c1-11(4-7-12-8-5-11)10(16)14-9-3-6-13-15(9)2/h3,6,12H,4-5,7-8H2,1-2H3,(H,14,16). The van der Waals surface area contributed by atoms with E-state index in [1.807, 2.05) is 20.0 Å². The fraction of sp³-hybridized carbons (Fsp3) is 0.636. The van der Waals surface area contributed by atoms with Gasteiger partial charge in [-0.1, -0.05) is 6.92 Å². The maximum absolute atomic E-state index is 12.2. The van der Waals surface area contributed by atoms with Crippen LogP contribution in [0.4, 0.5) is 5.82 Å². The van der Waals surface area contributed by atoms with E-state index in [-0.39, 0.29) is 11.3 Å². The predicted molar refractivity (Wildman–Crippen MR) is 62.0 cm³/mol. The van der Waals surface area contributed by atoms with E-state index >= 15 is 0 Å². The molecule has 88 valence electrons. The largest absolute Gasteiger partial charge is 0.317 e. The van der Waals surface area contributed by atoms with Gasteiger partial charge in [-0.2, -0.15) is 5.10 Å². The number of carbonyl (C=O) groups is 1. The molecule has 16 heavy (non-hydrogen) atoms. The number of anilines is 1. The lowest BCUT2D eigenvalue weighted by atomic mass is 9.80. The zero-order valence-corrected chi connectivity index (χ0v) is 9.79. The smallest absolute Gasteiger partial charge is 0.231 e. The number of hydrogen-bond acceptors (Lipinski definition) is 3. The molecule has 1 aliphatic heterocycles. The molecule has 0 unspecified atom stereocenters. The lowest BCUT2D eigenvalue weighted by Crippen LogP contribution is -2.43. The summed E-state index contributed by atoms with van der Waals surface area (Å²) in [6.07, 6.45) is 3.45. The van der Waals surface area contributed by atoms with E-state index in [9.17, 15) is 4.79 Å². The first-order chi connectivity index (χ1) is 7.62. The Morgan fingerprint density at radius 2 is 2.25 bits per heavy atom. The first-order valence-electron chi connectivity index (χ1n) is 5.62. The Labute approximate surface area is 95.2 Å². The summed E-state index contributed by atoms with van der Waals surface area (Å²) < 4.78 is 1.67. The van der Waals surface area contributed by atoms with Crippen LogP contribution in [0.25, 0.3) is 0 Å². The lowest BCUT2D eigenvalue weighted by molar-refractivity contribution is -0.126. The van der Waals surface area contributed by atoms with Gasteiger partial charge < -0.3 is 10.6 Å². The van der Waals surface area contributed by atoms with Gasteiger partial charge in [-0.3, -0.25) is 9.48 Å². The molecular weight excluding hydrogens is 204 g/mol. The van der Waals surface area contributed by atoms with Crippen LogP contribution in [-0.2, 0) is 11.8 Å². The first kappa shape index (κ1) is 11.1. The van der Waals surface area contributed by atoms with Crippen LogP contribution in [-0.4, -0.2) is 28.8 Å². The van der Waals surface area contributed by atoms with Crippen molar-refractivity contribution in [1.29, 1.82) is 0 Å². The molecule has 1 saturated heterocycles. The average Bonchev–Trinajstić information content (AvgIpc) is 2.65. The molecule has 1 aliphatic rings. The van der Waals surface area contributed by atoms with Crippen molar-refractivity contribution >= 4 is 11.7 Å². The summed E-state index contributed by atoms with van der Waals surface area (Å²) in [5.41, 5.74) is -0.254. The summed E-state index contributed by atoms with van der Waals surface area (Å²) in [6.45, 7) is 3.85. The Hall–Kier alpha value is -1.36. The second kappa shape index (κ2) is 4.25. The van der Waals surface area contributed by atoms with Gasteiger partial charge in [0.1, 0.15) is 5.82 Å². The topological polar surface area (TPSA) is 59.0 Å². The van der Waals surface area contributed by atoms with Crippen molar-refractivity contribution in [3.63, 3.8) is 0 Å². The van der Waals surface area contributed by atoms with Crippen LogP contribution in [0.2, 0.25) is 0 Å². The molecule has 0 spiro atoms. The monoisotopic (exact) mass is 222 g/mol. The average molecular weight is 222 g/mol. The summed E-state index contributed by atoms with van der Waals surface area (Å²) in [7, 11) is 1.82. The Balaban J connectivity index is 2.05. The molecule has 2 N–H and O–H groups in total. The van der Waals surface area contributed by atoms with Crippen molar-refractivity contribution in [3.8, 4) is 0 Å². The number of piperidine rings is 1. The predicted octanol–water partition coefficient (Wildman–Crippen LogP) is 0.748. The molecule has 0 aromatic carbocycles. The number of rotatable bonds is 2. The molecule has 0 saturated carbocycles. The number of hydrogen-bond donors (Lipinski definition) is 2. The first-order valence-corrected chi connectivity index (χ1v) is 5.62. The third kappa shape index (κ3) is 2.09. The molecule has 0 bridgehead atoms. The maximum Gasteiger partial charge on any atom is 0.231 e. The number of aromatic nitrogens is 2. The van der Waals surface area contributed by atoms with Crippen molar-refractivity contribution in [2.24, 2.45) is 12.5 Å². The summed E-state index contributed by atoms with van der Waals surface area (Å²) in [5, 5.41) is 10.2. The normalized spacial score (nSPS) is 19.4. The molecule has 0 atom stereocenters. The Kier molecular flexibility index (Phi) is 2.96. The highest BCUT2D eigenvalue weighted by Gasteiger charge is 2.34. The lowest BCUT2D eigenvalue weighted by Gasteiger charge is -2.32. The highest BCUT2D eigenvalue weighted by molar-refractivity contribution is 5.94. The molecule has 1 aromatic heterocycles. The zero-order chi connectivity index (χ0) is 11.6. The van der Waals surface area contributed by atoms with Crippen LogP contribution < -0.4 is 10.6 Å². The number of nitrogens with one attached hydrogen (secondary N) is 2. The summed E-state index contributed by atoms with van der Waals surface area (Å²) in [5.74, 6) is 0.849. The van der Waals surface area contributed by atoms with E-state index in [0.29, 0.717) is 0 Å². The van der Waals surface area contributed by atoms with E-state index in [1.54, 1.807) is 10.9 Å². The van der Waals surface area contributed by atoms with E-state index in [1.165, 1.54) is 0 Å². The summed E-state index contributed by atoms with van der Waals surface area (Å²) in [6, 6.07) is 1.81. The highest BCUT2D eigenvalue weighted by Crippen LogP contribution is 2.29. The quantitative estimate of drug-likeness (QED) is 0.776. The van der Waals surface area contributed by atoms with Crippen LogP contribution >= 0.6 is 0 Å².